The number of benzene rings is 1. The van der Waals surface area contributed by atoms with Crippen molar-refractivity contribution in [2.24, 2.45) is 0 Å². The second-order valence-corrected chi connectivity index (χ2v) is 6.50. The Balaban J connectivity index is 1.89. The van der Waals surface area contributed by atoms with Crippen molar-refractivity contribution in [3.05, 3.63) is 42.4 Å². The Morgan fingerprint density at radius 1 is 1.15 bits per heavy atom. The lowest BCUT2D eigenvalue weighted by Crippen LogP contribution is -2.33. The van der Waals surface area contributed by atoms with Crippen molar-refractivity contribution in [3.63, 3.8) is 0 Å². The number of nitrogens with two attached hydrogens (primary N) is 1. The molecule has 0 radical (unpaired) electrons. The van der Waals surface area contributed by atoms with E-state index < -0.39 is 31.1 Å². The largest absolute Gasteiger partial charge is 0.394 e. The molecule has 4 atom stereocenters. The van der Waals surface area contributed by atoms with Crippen LogP contribution in [0.1, 0.15) is 11.8 Å². The van der Waals surface area contributed by atoms with Gasteiger partial charge in [-0.1, -0.05) is 29.8 Å². The van der Waals surface area contributed by atoms with E-state index in [1.54, 1.807) is 10.8 Å². The first-order valence-corrected chi connectivity index (χ1v) is 8.31. The highest BCUT2D eigenvalue weighted by Crippen LogP contribution is 2.38. The number of hydrogen-bond acceptors (Lipinski definition) is 7. The number of rotatable bonds is 3. The number of nitrogen functional groups attached to an aromatic ring is 1. The maximum atomic E-state index is 10.4. The Morgan fingerprint density at radius 2 is 1.88 bits per heavy atom. The van der Waals surface area contributed by atoms with Gasteiger partial charge in [0.1, 0.15) is 36.1 Å². The molecule has 1 aliphatic rings. The van der Waals surface area contributed by atoms with Gasteiger partial charge in [-0.25, -0.2) is 9.97 Å². The fraction of sp³-hybridized carbons (Fsp3) is 0.333. The van der Waals surface area contributed by atoms with Gasteiger partial charge in [0.25, 0.3) is 0 Å². The minimum atomic E-state index is -1.20. The van der Waals surface area contributed by atoms with Crippen LogP contribution in [-0.2, 0) is 4.74 Å². The van der Waals surface area contributed by atoms with E-state index in [2.05, 4.69) is 9.97 Å². The van der Waals surface area contributed by atoms with Crippen LogP contribution in [-0.4, -0.2) is 54.8 Å². The number of aliphatic hydroxyl groups is 3. The van der Waals surface area contributed by atoms with E-state index in [1.165, 1.54) is 6.33 Å². The van der Waals surface area contributed by atoms with Gasteiger partial charge in [-0.3, -0.25) is 0 Å². The van der Waals surface area contributed by atoms with Gasteiger partial charge >= 0.3 is 0 Å². The van der Waals surface area contributed by atoms with Gasteiger partial charge in [0.05, 0.1) is 12.0 Å². The van der Waals surface area contributed by atoms with Crippen LogP contribution in [0.5, 0.6) is 0 Å². The van der Waals surface area contributed by atoms with Crippen LogP contribution in [0.3, 0.4) is 0 Å². The fourth-order valence-corrected chi connectivity index (χ4v) is 3.36. The lowest BCUT2D eigenvalue weighted by Gasteiger charge is -2.17. The van der Waals surface area contributed by atoms with Crippen LogP contribution < -0.4 is 5.73 Å². The first kappa shape index (κ1) is 16.9. The van der Waals surface area contributed by atoms with Crippen molar-refractivity contribution < 1.29 is 20.1 Å². The molecule has 2 aromatic heterocycles. The molecule has 1 saturated heterocycles. The standard InChI is InChI=1S/C18H20N4O4/c1-9-2-4-10(5-3-9)11-6-22(17-13(11)16(19)20-8-21-17)18-15(25)14(24)12(7-23)26-18/h2-6,8,12,14-15,18,23-25H,7H2,1H3,(H2,19,20,21)/t12-,14-,15-,18-/m1/s1. The molecule has 8 heteroatoms. The lowest BCUT2D eigenvalue weighted by atomic mass is 10.0. The van der Waals surface area contributed by atoms with Gasteiger partial charge in [0.2, 0.25) is 0 Å². The van der Waals surface area contributed by atoms with Crippen LogP contribution in [0.25, 0.3) is 22.2 Å². The maximum Gasteiger partial charge on any atom is 0.164 e. The van der Waals surface area contributed by atoms with Gasteiger partial charge < -0.3 is 30.4 Å². The number of ether oxygens (including phenoxy) is 1. The highest BCUT2D eigenvalue weighted by molar-refractivity contribution is 6.00. The highest BCUT2D eigenvalue weighted by atomic mass is 16.6. The molecule has 4 rings (SSSR count). The highest BCUT2D eigenvalue weighted by Gasteiger charge is 2.44. The molecular formula is C18H20N4O4. The summed E-state index contributed by atoms with van der Waals surface area (Å²) in [4.78, 5) is 8.37. The molecule has 8 nitrogen and oxygen atoms in total. The molecule has 0 amide bonds. The van der Waals surface area contributed by atoms with Crippen molar-refractivity contribution in [1.29, 1.82) is 0 Å². The molecule has 5 N–H and O–H groups in total. The number of hydrogen-bond donors (Lipinski definition) is 4. The maximum absolute atomic E-state index is 10.4. The molecule has 1 aromatic carbocycles. The number of fused-ring (bicyclic) bond motifs is 1. The van der Waals surface area contributed by atoms with E-state index in [4.69, 9.17) is 10.5 Å². The SMILES string of the molecule is Cc1ccc(-c2cn([C@@H]3O[C@H](CO)[C@@H](O)[C@H]3O)c3ncnc(N)c23)cc1. The Morgan fingerprint density at radius 3 is 2.54 bits per heavy atom. The van der Waals surface area contributed by atoms with Gasteiger partial charge in [-0.2, -0.15) is 0 Å². The van der Waals surface area contributed by atoms with Crippen molar-refractivity contribution in [2.75, 3.05) is 12.3 Å². The topological polar surface area (TPSA) is 127 Å². The van der Waals surface area contributed by atoms with Gasteiger partial charge in [0, 0.05) is 11.8 Å². The summed E-state index contributed by atoms with van der Waals surface area (Å²) in [6.07, 6.45) is -1.03. The Bertz CT molecular complexity index is 940. The molecule has 1 fully saturated rings. The van der Waals surface area contributed by atoms with E-state index in [9.17, 15) is 15.3 Å². The number of aliphatic hydroxyl groups excluding tert-OH is 3. The second kappa shape index (κ2) is 6.33. The molecule has 26 heavy (non-hydrogen) atoms. The minimum Gasteiger partial charge on any atom is -0.394 e. The second-order valence-electron chi connectivity index (χ2n) is 6.50. The molecule has 136 valence electrons. The zero-order valence-electron chi connectivity index (χ0n) is 14.1. The molecule has 0 saturated carbocycles. The molecule has 1 aliphatic heterocycles. The molecule has 0 aliphatic carbocycles. The summed E-state index contributed by atoms with van der Waals surface area (Å²) in [6.45, 7) is 1.61. The first-order valence-electron chi connectivity index (χ1n) is 8.31. The van der Waals surface area contributed by atoms with Crippen LogP contribution >= 0.6 is 0 Å². The third-order valence-corrected chi connectivity index (χ3v) is 4.79. The number of anilines is 1. The van der Waals surface area contributed by atoms with Crippen LogP contribution in [0, 0.1) is 6.92 Å². The van der Waals surface area contributed by atoms with Crippen molar-refractivity contribution in [1.82, 2.24) is 14.5 Å². The van der Waals surface area contributed by atoms with Crippen molar-refractivity contribution >= 4 is 16.9 Å². The van der Waals surface area contributed by atoms with Crippen LogP contribution in [0.15, 0.2) is 36.8 Å². The van der Waals surface area contributed by atoms with E-state index in [0.29, 0.717) is 16.9 Å². The summed E-state index contributed by atoms with van der Waals surface area (Å²) in [7, 11) is 0. The molecule has 0 bridgehead atoms. The summed E-state index contributed by atoms with van der Waals surface area (Å²) >= 11 is 0. The minimum absolute atomic E-state index is 0.316. The Hall–Kier alpha value is -2.52. The average Bonchev–Trinajstić information content (AvgIpc) is 3.15. The predicted molar refractivity (Wildman–Crippen MR) is 95.1 cm³/mol. The van der Waals surface area contributed by atoms with E-state index >= 15 is 0 Å². The molecule has 3 aromatic rings. The monoisotopic (exact) mass is 356 g/mol. The quantitative estimate of drug-likeness (QED) is 0.541. The summed E-state index contributed by atoms with van der Waals surface area (Å²) in [5.41, 5.74) is 9.44. The Labute approximate surface area is 149 Å². The summed E-state index contributed by atoms with van der Waals surface area (Å²) in [5.74, 6) is 0.316. The fourth-order valence-electron chi connectivity index (χ4n) is 3.36. The van der Waals surface area contributed by atoms with E-state index in [-0.39, 0.29) is 0 Å². The number of aryl methyl sites for hydroxylation is 1. The lowest BCUT2D eigenvalue weighted by molar-refractivity contribution is -0.0508. The normalized spacial score (nSPS) is 25.8. The summed E-state index contributed by atoms with van der Waals surface area (Å²) < 4.78 is 7.28. The van der Waals surface area contributed by atoms with Crippen molar-refractivity contribution in [2.45, 2.75) is 31.5 Å². The molecule has 0 spiro atoms. The van der Waals surface area contributed by atoms with Crippen LogP contribution in [0.4, 0.5) is 5.82 Å². The van der Waals surface area contributed by atoms with Gasteiger partial charge in [-0.05, 0) is 12.5 Å². The molecule has 3 heterocycles. The zero-order valence-corrected chi connectivity index (χ0v) is 14.1. The molecular weight excluding hydrogens is 336 g/mol. The first-order chi connectivity index (χ1) is 12.5. The average molecular weight is 356 g/mol. The summed E-state index contributed by atoms with van der Waals surface area (Å²) in [6, 6.07) is 7.92. The number of nitrogens with zero attached hydrogens (tertiary/aromatic N) is 3. The smallest absolute Gasteiger partial charge is 0.164 e. The van der Waals surface area contributed by atoms with Crippen LogP contribution in [0.2, 0.25) is 0 Å². The summed E-state index contributed by atoms with van der Waals surface area (Å²) in [5, 5.41) is 30.4. The molecule has 0 unspecified atom stereocenters. The third-order valence-electron chi connectivity index (χ3n) is 4.79. The zero-order chi connectivity index (χ0) is 18.4. The predicted octanol–water partition coefficient (Wildman–Crippen LogP) is 0.600. The van der Waals surface area contributed by atoms with E-state index in [1.807, 2.05) is 31.2 Å². The van der Waals surface area contributed by atoms with Crippen molar-refractivity contribution in [3.8, 4) is 11.1 Å². The van der Waals surface area contributed by atoms with E-state index in [0.717, 1.165) is 16.7 Å². The van der Waals surface area contributed by atoms with Gasteiger partial charge in [0.15, 0.2) is 6.23 Å². The Kier molecular flexibility index (Phi) is 4.12. The third kappa shape index (κ3) is 2.55. The number of aromatic nitrogens is 3. The van der Waals surface area contributed by atoms with Gasteiger partial charge in [-0.15, -0.1) is 0 Å².